The number of rotatable bonds is 4. The van der Waals surface area contributed by atoms with Gasteiger partial charge in [0.15, 0.2) is 0 Å². The molecule has 0 bridgehead atoms. The summed E-state index contributed by atoms with van der Waals surface area (Å²) in [5.41, 5.74) is 1.57. The highest BCUT2D eigenvalue weighted by Gasteiger charge is 2.34. The first-order valence-electron chi connectivity index (χ1n) is 7.20. The second-order valence-electron chi connectivity index (χ2n) is 5.43. The first-order valence-corrected chi connectivity index (χ1v) is 8.81. The minimum Gasteiger partial charge on any atom is -0.265 e. The smallest absolute Gasteiger partial charge is 0.218 e. The van der Waals surface area contributed by atoms with E-state index in [1.807, 2.05) is 12.1 Å². The van der Waals surface area contributed by atoms with Crippen LogP contribution in [0.5, 0.6) is 0 Å². The van der Waals surface area contributed by atoms with Crippen LogP contribution < -0.4 is 0 Å². The Hall–Kier alpha value is -1.79. The number of nitrogens with zero attached hydrogens (tertiary/aromatic N) is 2. The third-order valence-electron chi connectivity index (χ3n) is 3.91. The molecule has 0 spiro atoms. The summed E-state index contributed by atoms with van der Waals surface area (Å²) in [7, 11) is -3.43. The van der Waals surface area contributed by atoms with Gasteiger partial charge in [0.2, 0.25) is 10.0 Å². The van der Waals surface area contributed by atoms with Crippen molar-refractivity contribution in [3.05, 3.63) is 65.7 Å². The molecule has 1 unspecified atom stereocenters. The molecule has 1 aromatic heterocycles. The average molecular weight is 320 g/mol. The van der Waals surface area contributed by atoms with Crippen LogP contribution in [-0.4, -0.2) is 24.3 Å². The van der Waals surface area contributed by atoms with E-state index in [2.05, 4.69) is 4.98 Å². The summed E-state index contributed by atoms with van der Waals surface area (Å²) in [5, 5.41) is 0. The lowest BCUT2D eigenvalue weighted by atomic mass is 10.1. The lowest BCUT2D eigenvalue weighted by Crippen LogP contribution is -2.31. The van der Waals surface area contributed by atoms with Gasteiger partial charge in [-0.05, 0) is 48.2 Å². The van der Waals surface area contributed by atoms with Crippen molar-refractivity contribution in [1.82, 2.24) is 9.29 Å². The largest absolute Gasteiger partial charge is 0.265 e. The van der Waals surface area contributed by atoms with Gasteiger partial charge in [-0.2, -0.15) is 4.31 Å². The quantitative estimate of drug-likeness (QED) is 0.870. The van der Waals surface area contributed by atoms with Gasteiger partial charge in [0.1, 0.15) is 5.82 Å². The summed E-state index contributed by atoms with van der Waals surface area (Å²) in [6, 6.07) is 9.19. The molecule has 1 atom stereocenters. The van der Waals surface area contributed by atoms with Gasteiger partial charge in [-0.3, -0.25) is 4.98 Å². The van der Waals surface area contributed by atoms with Crippen molar-refractivity contribution >= 4 is 10.0 Å². The minimum atomic E-state index is -3.43. The zero-order chi connectivity index (χ0) is 15.6. The van der Waals surface area contributed by atoms with E-state index in [-0.39, 0.29) is 17.6 Å². The molecule has 4 nitrogen and oxygen atoms in total. The van der Waals surface area contributed by atoms with Crippen LogP contribution in [0.3, 0.4) is 0 Å². The summed E-state index contributed by atoms with van der Waals surface area (Å²) in [5.74, 6) is -0.466. The molecule has 1 aromatic carbocycles. The molecule has 1 aliphatic heterocycles. The third kappa shape index (κ3) is 3.18. The average Bonchev–Trinajstić information content (AvgIpc) is 3.01. The number of pyridine rings is 1. The molecule has 1 saturated heterocycles. The van der Waals surface area contributed by atoms with Crippen LogP contribution in [0.4, 0.5) is 4.39 Å². The Labute approximate surface area is 129 Å². The topological polar surface area (TPSA) is 50.3 Å². The molecule has 6 heteroatoms. The molecule has 0 N–H and O–H groups in total. The maximum atomic E-state index is 12.9. The fourth-order valence-corrected chi connectivity index (χ4v) is 4.67. The van der Waals surface area contributed by atoms with Crippen LogP contribution in [0.2, 0.25) is 0 Å². The van der Waals surface area contributed by atoms with E-state index in [9.17, 15) is 12.8 Å². The molecule has 22 heavy (non-hydrogen) atoms. The standard InChI is InChI=1S/C16H17FN2O2S/c17-15-5-3-13(4-6-15)12-22(20,21)19-11-1-2-16(19)14-7-9-18-10-8-14/h3-10,16H,1-2,11-12H2. The molecule has 116 valence electrons. The van der Waals surface area contributed by atoms with E-state index < -0.39 is 10.0 Å². The molecule has 3 rings (SSSR count). The Morgan fingerprint density at radius 2 is 1.82 bits per heavy atom. The summed E-state index contributed by atoms with van der Waals surface area (Å²) >= 11 is 0. The van der Waals surface area contributed by atoms with Gasteiger partial charge in [-0.15, -0.1) is 0 Å². The van der Waals surface area contributed by atoms with Crippen LogP contribution in [0, 0.1) is 5.82 Å². The second-order valence-corrected chi connectivity index (χ2v) is 7.35. The molecule has 0 amide bonds. The Balaban J connectivity index is 1.83. The van der Waals surface area contributed by atoms with Crippen molar-refractivity contribution < 1.29 is 12.8 Å². The summed E-state index contributed by atoms with van der Waals surface area (Å²) in [6.45, 7) is 0.524. The minimum absolute atomic E-state index is 0.102. The predicted molar refractivity (Wildman–Crippen MR) is 81.9 cm³/mol. The first-order chi connectivity index (χ1) is 10.6. The van der Waals surface area contributed by atoms with E-state index >= 15 is 0 Å². The van der Waals surface area contributed by atoms with Gasteiger partial charge in [-0.25, -0.2) is 12.8 Å². The van der Waals surface area contributed by atoms with Crippen LogP contribution in [0.15, 0.2) is 48.8 Å². The van der Waals surface area contributed by atoms with Crippen LogP contribution in [0.25, 0.3) is 0 Å². The summed E-state index contributed by atoms with van der Waals surface area (Å²) < 4.78 is 39.9. The highest BCUT2D eigenvalue weighted by molar-refractivity contribution is 7.88. The molecule has 0 aliphatic carbocycles. The lowest BCUT2D eigenvalue weighted by molar-refractivity contribution is 0.396. The summed E-state index contributed by atoms with van der Waals surface area (Å²) in [6.07, 6.45) is 5.01. The van der Waals surface area contributed by atoms with Crippen molar-refractivity contribution in [1.29, 1.82) is 0 Å². The van der Waals surface area contributed by atoms with Crippen molar-refractivity contribution in [2.75, 3.05) is 6.54 Å². The van der Waals surface area contributed by atoms with Crippen LogP contribution in [-0.2, 0) is 15.8 Å². The lowest BCUT2D eigenvalue weighted by Gasteiger charge is -2.24. The van der Waals surface area contributed by atoms with Crippen molar-refractivity contribution in [3.63, 3.8) is 0 Å². The van der Waals surface area contributed by atoms with Crippen LogP contribution >= 0.6 is 0 Å². The predicted octanol–water partition coefficient (Wildman–Crippen LogP) is 2.89. The van der Waals surface area contributed by atoms with Gasteiger partial charge in [-0.1, -0.05) is 12.1 Å². The van der Waals surface area contributed by atoms with Gasteiger partial charge < -0.3 is 0 Å². The molecule has 0 radical (unpaired) electrons. The van der Waals surface area contributed by atoms with Gasteiger partial charge >= 0.3 is 0 Å². The second kappa shape index (κ2) is 6.14. The summed E-state index contributed by atoms with van der Waals surface area (Å²) in [4.78, 5) is 3.98. The van der Waals surface area contributed by atoms with Crippen LogP contribution in [0.1, 0.15) is 30.0 Å². The maximum absolute atomic E-state index is 12.9. The van der Waals surface area contributed by atoms with E-state index in [4.69, 9.17) is 0 Å². The molecule has 1 aliphatic rings. The number of sulfonamides is 1. The van der Waals surface area contributed by atoms with E-state index in [0.717, 1.165) is 18.4 Å². The molecular formula is C16H17FN2O2S. The molecule has 2 aromatic rings. The zero-order valence-electron chi connectivity index (χ0n) is 12.0. The fraction of sp³-hybridized carbons (Fsp3) is 0.312. The maximum Gasteiger partial charge on any atom is 0.218 e. The third-order valence-corrected chi connectivity index (χ3v) is 5.76. The van der Waals surface area contributed by atoms with Gasteiger partial charge in [0.25, 0.3) is 0 Å². The Kier molecular flexibility index (Phi) is 4.22. The van der Waals surface area contributed by atoms with Gasteiger partial charge in [0.05, 0.1) is 5.75 Å². The number of hydrogen-bond donors (Lipinski definition) is 0. The number of halogens is 1. The first kappa shape index (κ1) is 15.1. The Morgan fingerprint density at radius 3 is 2.50 bits per heavy atom. The Bertz CT molecular complexity index is 733. The zero-order valence-corrected chi connectivity index (χ0v) is 12.8. The molecule has 0 saturated carbocycles. The fourth-order valence-electron chi connectivity index (χ4n) is 2.87. The van der Waals surface area contributed by atoms with E-state index in [0.29, 0.717) is 12.1 Å². The molecule has 2 heterocycles. The van der Waals surface area contributed by atoms with Crippen molar-refractivity contribution in [3.8, 4) is 0 Å². The molecule has 1 fully saturated rings. The Morgan fingerprint density at radius 1 is 1.14 bits per heavy atom. The van der Waals surface area contributed by atoms with Gasteiger partial charge in [0, 0.05) is 25.0 Å². The van der Waals surface area contributed by atoms with E-state index in [1.165, 1.54) is 24.3 Å². The highest BCUT2D eigenvalue weighted by atomic mass is 32.2. The van der Waals surface area contributed by atoms with Crippen molar-refractivity contribution in [2.45, 2.75) is 24.6 Å². The molecular weight excluding hydrogens is 303 g/mol. The van der Waals surface area contributed by atoms with E-state index in [1.54, 1.807) is 16.7 Å². The highest BCUT2D eigenvalue weighted by Crippen LogP contribution is 2.34. The normalized spacial score (nSPS) is 19.4. The number of aromatic nitrogens is 1. The SMILES string of the molecule is O=S(=O)(Cc1ccc(F)cc1)N1CCCC1c1ccncc1. The monoisotopic (exact) mass is 320 g/mol. The number of hydrogen-bond acceptors (Lipinski definition) is 3. The van der Waals surface area contributed by atoms with Crippen molar-refractivity contribution in [2.24, 2.45) is 0 Å². The number of benzene rings is 1.